The fourth-order valence-corrected chi connectivity index (χ4v) is 1.26. The predicted molar refractivity (Wildman–Crippen MR) is 53.1 cm³/mol. The van der Waals surface area contributed by atoms with Gasteiger partial charge >= 0.3 is 5.97 Å². The second kappa shape index (κ2) is 6.12. The summed E-state index contributed by atoms with van der Waals surface area (Å²) in [6, 6.07) is 0. The number of carbonyl (C=O) groups excluding carboxylic acids is 1. The van der Waals surface area contributed by atoms with E-state index in [1.54, 1.807) is 18.7 Å². The molecule has 0 N–H and O–H groups in total. The van der Waals surface area contributed by atoms with E-state index in [2.05, 4.69) is 20.4 Å². The molecular formula is C9H16O2S. The van der Waals surface area contributed by atoms with Crippen LogP contribution < -0.4 is 0 Å². The first-order chi connectivity index (χ1) is 5.54. The van der Waals surface area contributed by atoms with E-state index in [-0.39, 0.29) is 5.97 Å². The quantitative estimate of drug-likeness (QED) is 0.287. The van der Waals surface area contributed by atoms with Gasteiger partial charge in [0.1, 0.15) is 5.94 Å². The van der Waals surface area contributed by atoms with Gasteiger partial charge in [0.15, 0.2) is 0 Å². The van der Waals surface area contributed by atoms with Crippen LogP contribution in [0.1, 0.15) is 20.8 Å². The molecule has 0 aromatic carbocycles. The van der Waals surface area contributed by atoms with Crippen LogP contribution in [0.3, 0.4) is 0 Å². The summed E-state index contributed by atoms with van der Waals surface area (Å²) in [5, 5.41) is 0. The van der Waals surface area contributed by atoms with Crippen molar-refractivity contribution in [3.63, 3.8) is 0 Å². The molecule has 0 atom stereocenters. The summed E-state index contributed by atoms with van der Waals surface area (Å²) in [6.07, 6.45) is 0. The molecule has 12 heavy (non-hydrogen) atoms. The molecule has 0 fully saturated rings. The van der Waals surface area contributed by atoms with Crippen LogP contribution in [0.2, 0.25) is 0 Å². The van der Waals surface area contributed by atoms with Gasteiger partial charge in [0.05, 0.1) is 0 Å². The number of thioether (sulfide) groups is 1. The van der Waals surface area contributed by atoms with Crippen molar-refractivity contribution in [2.75, 3.05) is 11.7 Å². The van der Waals surface area contributed by atoms with Crippen molar-refractivity contribution in [3.05, 3.63) is 12.2 Å². The van der Waals surface area contributed by atoms with Crippen LogP contribution in [-0.4, -0.2) is 17.7 Å². The topological polar surface area (TPSA) is 26.3 Å². The van der Waals surface area contributed by atoms with E-state index >= 15 is 0 Å². The molecule has 2 nitrogen and oxygen atoms in total. The minimum Gasteiger partial charge on any atom is -0.451 e. The van der Waals surface area contributed by atoms with Gasteiger partial charge in [-0.2, -0.15) is 0 Å². The Kier molecular flexibility index (Phi) is 5.89. The maximum atomic E-state index is 10.9. The summed E-state index contributed by atoms with van der Waals surface area (Å²) < 4.78 is 4.88. The Bertz CT molecular complexity index is 164. The van der Waals surface area contributed by atoms with E-state index in [0.717, 1.165) is 5.75 Å². The minimum atomic E-state index is -0.300. The van der Waals surface area contributed by atoms with Crippen LogP contribution in [0.5, 0.6) is 0 Å². The van der Waals surface area contributed by atoms with Crippen molar-refractivity contribution in [2.24, 2.45) is 5.92 Å². The molecular weight excluding hydrogens is 172 g/mol. The van der Waals surface area contributed by atoms with Crippen LogP contribution in [0, 0.1) is 5.92 Å². The maximum absolute atomic E-state index is 10.9. The number of rotatable bonds is 5. The lowest BCUT2D eigenvalue weighted by molar-refractivity contribution is -0.136. The molecule has 0 aliphatic carbocycles. The van der Waals surface area contributed by atoms with Crippen molar-refractivity contribution < 1.29 is 9.53 Å². The molecule has 0 unspecified atom stereocenters. The second-order valence-electron chi connectivity index (χ2n) is 3.09. The summed E-state index contributed by atoms with van der Waals surface area (Å²) in [4.78, 5) is 10.9. The average Bonchev–Trinajstić information content (AvgIpc) is 1.97. The van der Waals surface area contributed by atoms with Crippen molar-refractivity contribution in [1.29, 1.82) is 0 Å². The van der Waals surface area contributed by atoms with Gasteiger partial charge in [-0.15, -0.1) is 11.8 Å². The minimum absolute atomic E-state index is 0.300. The van der Waals surface area contributed by atoms with Gasteiger partial charge in [-0.05, 0) is 18.6 Å². The van der Waals surface area contributed by atoms with Crippen molar-refractivity contribution in [1.82, 2.24) is 0 Å². The molecule has 0 aliphatic heterocycles. The number of esters is 1. The summed E-state index contributed by atoms with van der Waals surface area (Å²) in [5.74, 6) is 1.79. The van der Waals surface area contributed by atoms with Crippen LogP contribution in [-0.2, 0) is 9.53 Å². The zero-order chi connectivity index (χ0) is 9.56. The Labute approximate surface area is 78.4 Å². The van der Waals surface area contributed by atoms with Crippen molar-refractivity contribution in [2.45, 2.75) is 20.8 Å². The molecule has 0 saturated carbocycles. The monoisotopic (exact) mass is 188 g/mol. The Hall–Kier alpha value is -0.440. The standard InChI is InChI=1S/C9H16O2S/c1-7(2)5-12-6-11-9(10)8(3)4/h7H,3,5-6H2,1-2,4H3. The average molecular weight is 188 g/mol. The maximum Gasteiger partial charge on any atom is 0.333 e. The fourth-order valence-electron chi connectivity index (χ4n) is 0.502. The number of hydrogen-bond donors (Lipinski definition) is 0. The lowest BCUT2D eigenvalue weighted by atomic mass is 10.3. The van der Waals surface area contributed by atoms with Gasteiger partial charge < -0.3 is 4.74 Å². The summed E-state index contributed by atoms with van der Waals surface area (Å²) >= 11 is 1.62. The van der Waals surface area contributed by atoms with E-state index in [0.29, 0.717) is 17.4 Å². The molecule has 0 amide bonds. The van der Waals surface area contributed by atoms with Crippen molar-refractivity contribution >= 4 is 17.7 Å². The highest BCUT2D eigenvalue weighted by Gasteiger charge is 2.02. The van der Waals surface area contributed by atoms with E-state index in [4.69, 9.17) is 4.74 Å². The third-order valence-electron chi connectivity index (χ3n) is 1.07. The Balaban J connectivity index is 3.32. The summed E-state index contributed by atoms with van der Waals surface area (Å²) in [6.45, 7) is 9.40. The Morgan fingerprint density at radius 2 is 2.17 bits per heavy atom. The first-order valence-corrected chi connectivity index (χ1v) is 5.10. The molecule has 0 saturated heterocycles. The lowest BCUT2D eigenvalue weighted by Crippen LogP contribution is -2.05. The Morgan fingerprint density at radius 3 is 2.58 bits per heavy atom. The van der Waals surface area contributed by atoms with Gasteiger partial charge in [-0.25, -0.2) is 4.79 Å². The van der Waals surface area contributed by atoms with E-state index in [1.165, 1.54) is 0 Å². The first-order valence-electron chi connectivity index (χ1n) is 3.94. The first kappa shape index (κ1) is 11.6. The SMILES string of the molecule is C=C(C)C(=O)OCSCC(C)C. The van der Waals surface area contributed by atoms with Gasteiger partial charge in [0.25, 0.3) is 0 Å². The van der Waals surface area contributed by atoms with Crippen LogP contribution >= 0.6 is 11.8 Å². The number of ether oxygens (including phenoxy) is 1. The molecule has 70 valence electrons. The Morgan fingerprint density at radius 1 is 1.58 bits per heavy atom. The third kappa shape index (κ3) is 6.28. The lowest BCUT2D eigenvalue weighted by Gasteiger charge is -2.05. The van der Waals surface area contributed by atoms with Gasteiger partial charge in [0.2, 0.25) is 0 Å². The van der Waals surface area contributed by atoms with Crippen molar-refractivity contribution in [3.8, 4) is 0 Å². The molecule has 0 radical (unpaired) electrons. The highest BCUT2D eigenvalue weighted by atomic mass is 32.2. The highest BCUT2D eigenvalue weighted by molar-refractivity contribution is 7.99. The van der Waals surface area contributed by atoms with E-state index in [9.17, 15) is 4.79 Å². The summed E-state index contributed by atoms with van der Waals surface area (Å²) in [7, 11) is 0. The zero-order valence-corrected chi connectivity index (χ0v) is 8.74. The molecule has 0 heterocycles. The predicted octanol–water partition coefficient (Wildman–Crippen LogP) is 2.45. The molecule has 0 bridgehead atoms. The number of carbonyl (C=O) groups is 1. The third-order valence-corrected chi connectivity index (χ3v) is 2.26. The molecule has 0 aromatic rings. The highest BCUT2D eigenvalue weighted by Crippen LogP contribution is 2.08. The largest absolute Gasteiger partial charge is 0.451 e. The summed E-state index contributed by atoms with van der Waals surface area (Å²) in [5.41, 5.74) is 0.458. The second-order valence-corrected chi connectivity index (χ2v) is 4.07. The molecule has 0 aromatic heterocycles. The normalized spacial score (nSPS) is 10.0. The van der Waals surface area contributed by atoms with E-state index in [1.807, 2.05) is 0 Å². The molecule has 3 heteroatoms. The van der Waals surface area contributed by atoms with Crippen LogP contribution in [0.25, 0.3) is 0 Å². The molecule has 0 rings (SSSR count). The van der Waals surface area contributed by atoms with Gasteiger partial charge in [-0.1, -0.05) is 20.4 Å². The molecule has 0 spiro atoms. The fraction of sp³-hybridized carbons (Fsp3) is 0.667. The van der Waals surface area contributed by atoms with E-state index < -0.39 is 0 Å². The number of hydrogen-bond acceptors (Lipinski definition) is 3. The molecule has 0 aliphatic rings. The van der Waals surface area contributed by atoms with Crippen LogP contribution in [0.4, 0.5) is 0 Å². The smallest absolute Gasteiger partial charge is 0.333 e. The van der Waals surface area contributed by atoms with Gasteiger partial charge in [-0.3, -0.25) is 0 Å². The zero-order valence-electron chi connectivity index (χ0n) is 7.92. The van der Waals surface area contributed by atoms with Gasteiger partial charge in [0, 0.05) is 5.57 Å². The van der Waals surface area contributed by atoms with Crippen LogP contribution in [0.15, 0.2) is 12.2 Å².